The molecule has 1 fully saturated rings. The molecule has 2 rings (SSSR count). The van der Waals surface area contributed by atoms with Crippen LogP contribution in [0.5, 0.6) is 0 Å². The number of hydrogen-bond acceptors (Lipinski definition) is 5. The predicted molar refractivity (Wildman–Crippen MR) is 78.6 cm³/mol. The fourth-order valence-electron chi connectivity index (χ4n) is 2.11. The molecular formula is C13H18BrN3O3. The molecule has 0 bridgehead atoms. The monoisotopic (exact) mass is 343 g/mol. The quantitative estimate of drug-likeness (QED) is 0.825. The van der Waals surface area contributed by atoms with Crippen molar-refractivity contribution < 1.29 is 9.53 Å². The lowest BCUT2D eigenvalue weighted by molar-refractivity contribution is -0.141. The molecule has 1 N–H and O–H groups in total. The molecule has 20 heavy (non-hydrogen) atoms. The highest BCUT2D eigenvalue weighted by Gasteiger charge is 2.38. The highest BCUT2D eigenvalue weighted by atomic mass is 79.9. The number of ether oxygens (including phenoxy) is 1. The zero-order valence-electron chi connectivity index (χ0n) is 11.8. The average Bonchev–Trinajstić information content (AvgIpc) is 3.22. The van der Waals surface area contributed by atoms with Gasteiger partial charge in [0.2, 0.25) is 0 Å². The Morgan fingerprint density at radius 1 is 1.60 bits per heavy atom. The number of aromatic nitrogens is 2. The Morgan fingerprint density at radius 2 is 2.25 bits per heavy atom. The molecule has 0 radical (unpaired) electrons. The van der Waals surface area contributed by atoms with Crippen molar-refractivity contribution in [2.45, 2.75) is 38.8 Å². The lowest BCUT2D eigenvalue weighted by atomic mass is 9.98. The van der Waals surface area contributed by atoms with E-state index in [1.54, 1.807) is 6.20 Å². The number of halogens is 1. The molecule has 0 spiro atoms. The Labute approximate surface area is 125 Å². The molecule has 110 valence electrons. The van der Waals surface area contributed by atoms with Crippen molar-refractivity contribution in [3.05, 3.63) is 21.0 Å². The third-order valence-corrected chi connectivity index (χ3v) is 4.31. The van der Waals surface area contributed by atoms with Gasteiger partial charge in [0.15, 0.2) is 0 Å². The Kier molecular flexibility index (Phi) is 4.17. The van der Waals surface area contributed by atoms with Gasteiger partial charge in [-0.15, -0.1) is 0 Å². The van der Waals surface area contributed by atoms with Gasteiger partial charge in [0, 0.05) is 5.54 Å². The van der Waals surface area contributed by atoms with Crippen LogP contribution in [-0.2, 0) is 16.1 Å². The fraction of sp³-hybridized carbons (Fsp3) is 0.615. The number of methoxy groups -OCH3 is 1. The van der Waals surface area contributed by atoms with Crippen molar-refractivity contribution in [3.8, 4) is 0 Å². The number of rotatable bonds is 5. The molecule has 1 heterocycles. The second kappa shape index (κ2) is 5.55. The van der Waals surface area contributed by atoms with E-state index in [4.69, 9.17) is 0 Å². The molecule has 1 saturated carbocycles. The van der Waals surface area contributed by atoms with E-state index in [1.807, 2.05) is 0 Å². The summed E-state index contributed by atoms with van der Waals surface area (Å²) in [6.07, 6.45) is 3.95. The van der Waals surface area contributed by atoms with Crippen LogP contribution in [0.2, 0.25) is 0 Å². The van der Waals surface area contributed by atoms with Crippen LogP contribution in [0.1, 0.15) is 26.7 Å². The van der Waals surface area contributed by atoms with Crippen LogP contribution in [0.25, 0.3) is 0 Å². The molecule has 0 atom stereocenters. The predicted octanol–water partition coefficient (Wildman–Crippen LogP) is 1.78. The Bertz CT molecular complexity index is 579. The molecule has 1 aliphatic carbocycles. The first-order valence-electron chi connectivity index (χ1n) is 6.46. The maximum absolute atomic E-state index is 12.1. The van der Waals surface area contributed by atoms with Gasteiger partial charge in [-0.3, -0.25) is 9.59 Å². The van der Waals surface area contributed by atoms with Gasteiger partial charge in [-0.05, 0) is 48.5 Å². The Balaban J connectivity index is 2.22. The van der Waals surface area contributed by atoms with Gasteiger partial charge in [-0.1, -0.05) is 0 Å². The highest BCUT2D eigenvalue weighted by molar-refractivity contribution is 9.10. The number of carbonyl (C=O) groups is 1. The minimum Gasteiger partial charge on any atom is -0.468 e. The minimum absolute atomic E-state index is 0.0782. The van der Waals surface area contributed by atoms with Crippen LogP contribution < -0.4 is 10.9 Å². The normalized spacial score (nSPS) is 15.0. The summed E-state index contributed by atoms with van der Waals surface area (Å²) in [6.45, 7) is 4.02. The van der Waals surface area contributed by atoms with Gasteiger partial charge < -0.3 is 10.1 Å². The number of nitrogens with one attached hydrogen (secondary N) is 1. The molecule has 0 aliphatic heterocycles. The highest BCUT2D eigenvalue weighted by Crippen LogP contribution is 2.41. The molecule has 1 aromatic rings. The first-order valence-corrected chi connectivity index (χ1v) is 7.25. The van der Waals surface area contributed by atoms with E-state index in [2.05, 4.69) is 44.9 Å². The van der Waals surface area contributed by atoms with Crippen LogP contribution in [-0.4, -0.2) is 28.4 Å². The number of esters is 1. The number of hydrogen-bond donors (Lipinski definition) is 1. The smallest absolute Gasteiger partial charge is 0.327 e. The second-order valence-electron chi connectivity index (χ2n) is 5.53. The number of nitrogens with zero attached hydrogens (tertiary/aromatic N) is 2. The molecule has 1 aromatic heterocycles. The second-order valence-corrected chi connectivity index (χ2v) is 6.33. The van der Waals surface area contributed by atoms with Gasteiger partial charge in [0.05, 0.1) is 19.0 Å². The standard InChI is InChI=1S/C13H18BrN3O3/c1-13(2,8-4-5-8)16-9-6-15-17(7-10(18)20-3)12(19)11(9)14/h6,8,16H,4-5,7H2,1-3H3. The van der Waals surface area contributed by atoms with Gasteiger partial charge >= 0.3 is 5.97 Å². The maximum atomic E-state index is 12.1. The largest absolute Gasteiger partial charge is 0.468 e. The summed E-state index contributed by atoms with van der Waals surface area (Å²) in [4.78, 5) is 23.3. The molecular weight excluding hydrogens is 326 g/mol. The van der Waals surface area contributed by atoms with Crippen molar-refractivity contribution in [3.63, 3.8) is 0 Å². The van der Waals surface area contributed by atoms with Crippen molar-refractivity contribution >= 4 is 27.6 Å². The molecule has 1 aliphatic rings. The van der Waals surface area contributed by atoms with Crippen LogP contribution in [0.15, 0.2) is 15.5 Å². The van der Waals surface area contributed by atoms with Crippen molar-refractivity contribution in [2.24, 2.45) is 5.92 Å². The molecule has 7 heteroatoms. The summed E-state index contributed by atoms with van der Waals surface area (Å²) in [5, 5.41) is 7.35. The molecule has 0 unspecified atom stereocenters. The van der Waals surface area contributed by atoms with Crippen molar-refractivity contribution in [1.82, 2.24) is 9.78 Å². The Hall–Kier alpha value is -1.37. The van der Waals surface area contributed by atoms with Gasteiger partial charge in [-0.25, -0.2) is 4.68 Å². The third kappa shape index (κ3) is 3.20. The van der Waals surface area contributed by atoms with E-state index in [0.29, 0.717) is 16.1 Å². The van der Waals surface area contributed by atoms with Crippen LogP contribution in [0.3, 0.4) is 0 Å². The zero-order valence-corrected chi connectivity index (χ0v) is 13.4. The number of carbonyl (C=O) groups excluding carboxylic acids is 1. The van der Waals surface area contributed by atoms with Gasteiger partial charge in [-0.2, -0.15) is 5.10 Å². The molecule has 0 aromatic carbocycles. The van der Waals surface area contributed by atoms with Crippen LogP contribution in [0, 0.1) is 5.92 Å². The summed E-state index contributed by atoms with van der Waals surface area (Å²) < 4.78 is 5.98. The van der Waals surface area contributed by atoms with E-state index in [1.165, 1.54) is 20.0 Å². The van der Waals surface area contributed by atoms with E-state index in [-0.39, 0.29) is 17.6 Å². The minimum atomic E-state index is -0.509. The topological polar surface area (TPSA) is 73.2 Å². The zero-order chi connectivity index (χ0) is 14.9. The summed E-state index contributed by atoms with van der Waals surface area (Å²) in [5.74, 6) is 0.109. The SMILES string of the molecule is COC(=O)Cn1ncc(NC(C)(C)C2CC2)c(Br)c1=O. The first kappa shape index (κ1) is 15.0. The van der Waals surface area contributed by atoms with Crippen LogP contribution in [0.4, 0.5) is 5.69 Å². The summed E-state index contributed by atoms with van der Waals surface area (Å²) >= 11 is 3.28. The summed E-state index contributed by atoms with van der Waals surface area (Å²) in [6, 6.07) is 0. The lowest BCUT2D eigenvalue weighted by Crippen LogP contribution is -2.35. The Morgan fingerprint density at radius 3 is 2.80 bits per heavy atom. The van der Waals surface area contributed by atoms with E-state index in [0.717, 1.165) is 4.68 Å². The maximum Gasteiger partial charge on any atom is 0.327 e. The van der Waals surface area contributed by atoms with Gasteiger partial charge in [0.1, 0.15) is 11.0 Å². The van der Waals surface area contributed by atoms with Gasteiger partial charge in [0.25, 0.3) is 5.56 Å². The summed E-state index contributed by atoms with van der Waals surface area (Å²) in [7, 11) is 1.27. The first-order chi connectivity index (χ1) is 9.35. The van der Waals surface area contributed by atoms with Crippen molar-refractivity contribution in [2.75, 3.05) is 12.4 Å². The molecule has 0 saturated heterocycles. The summed E-state index contributed by atoms with van der Waals surface area (Å²) in [5.41, 5.74) is 0.213. The van der Waals surface area contributed by atoms with Crippen LogP contribution >= 0.6 is 15.9 Å². The fourth-order valence-corrected chi connectivity index (χ4v) is 2.51. The average molecular weight is 344 g/mol. The van der Waals surface area contributed by atoms with Crippen molar-refractivity contribution in [1.29, 1.82) is 0 Å². The van der Waals surface area contributed by atoms with E-state index >= 15 is 0 Å². The molecule has 0 amide bonds. The van der Waals surface area contributed by atoms with E-state index in [9.17, 15) is 9.59 Å². The number of anilines is 1. The third-order valence-electron chi connectivity index (χ3n) is 3.55. The lowest BCUT2D eigenvalue weighted by Gasteiger charge is -2.27. The molecule has 6 nitrogen and oxygen atoms in total. The van der Waals surface area contributed by atoms with E-state index < -0.39 is 5.97 Å².